The van der Waals surface area contributed by atoms with Crippen LogP contribution < -0.4 is 19.7 Å². The number of rotatable bonds is 8. The van der Waals surface area contributed by atoms with E-state index in [1.54, 1.807) is 18.5 Å². The number of hydrogen-bond donors (Lipinski definition) is 1. The predicted molar refractivity (Wildman–Crippen MR) is 128 cm³/mol. The van der Waals surface area contributed by atoms with Gasteiger partial charge in [-0.25, -0.2) is 9.97 Å². The third-order valence-electron chi connectivity index (χ3n) is 5.53. The fraction of sp³-hybridized carbons (Fsp3) is 0.320. The third kappa shape index (κ3) is 6.14. The monoisotopic (exact) mass is 466 g/mol. The maximum atomic E-state index is 12.6. The lowest BCUT2D eigenvalue weighted by molar-refractivity contribution is -0.125. The van der Waals surface area contributed by atoms with Crippen LogP contribution in [0.1, 0.15) is 25.3 Å². The molecule has 1 aliphatic rings. The van der Waals surface area contributed by atoms with Gasteiger partial charge in [-0.1, -0.05) is 29.8 Å². The summed E-state index contributed by atoms with van der Waals surface area (Å²) in [6.07, 6.45) is 4.95. The second-order valence-corrected chi connectivity index (χ2v) is 8.24. The summed E-state index contributed by atoms with van der Waals surface area (Å²) < 4.78 is 11.4. The molecule has 0 atom stereocenters. The molecule has 1 N–H and O–H groups in total. The van der Waals surface area contributed by atoms with Gasteiger partial charge in [-0.2, -0.15) is 0 Å². The lowest BCUT2D eigenvalue weighted by atomic mass is 9.96. The van der Waals surface area contributed by atoms with E-state index in [1.165, 1.54) is 0 Å². The molecule has 1 aromatic carbocycles. The van der Waals surface area contributed by atoms with Crippen molar-refractivity contribution >= 4 is 23.3 Å². The maximum Gasteiger partial charge on any atom is 0.223 e. The van der Waals surface area contributed by atoms with Crippen LogP contribution in [-0.2, 0) is 11.3 Å². The molecule has 1 saturated heterocycles. The van der Waals surface area contributed by atoms with Crippen LogP contribution in [0.25, 0.3) is 0 Å². The molecule has 1 aliphatic heterocycles. The topological polar surface area (TPSA) is 76.6 Å². The maximum absolute atomic E-state index is 12.6. The molecule has 7 nitrogen and oxygen atoms in total. The van der Waals surface area contributed by atoms with Crippen molar-refractivity contribution in [2.45, 2.75) is 26.3 Å². The molecule has 1 amide bonds. The molecule has 33 heavy (non-hydrogen) atoms. The van der Waals surface area contributed by atoms with Crippen LogP contribution in [0.3, 0.4) is 0 Å². The Morgan fingerprint density at radius 3 is 2.52 bits per heavy atom. The average molecular weight is 467 g/mol. The van der Waals surface area contributed by atoms with E-state index in [-0.39, 0.29) is 11.8 Å². The minimum atomic E-state index is -0.000756. The Bertz CT molecular complexity index is 1050. The molecule has 172 valence electrons. The smallest absolute Gasteiger partial charge is 0.223 e. The van der Waals surface area contributed by atoms with E-state index in [4.69, 9.17) is 21.1 Å². The second-order valence-electron chi connectivity index (χ2n) is 7.80. The first-order chi connectivity index (χ1) is 16.1. The molecule has 4 rings (SSSR count). The van der Waals surface area contributed by atoms with Crippen LogP contribution in [0.4, 0.5) is 5.82 Å². The van der Waals surface area contributed by atoms with Crippen molar-refractivity contribution in [3.63, 3.8) is 0 Å². The minimum Gasteiger partial charge on any atom is -0.490 e. The number of amides is 1. The van der Waals surface area contributed by atoms with Crippen LogP contribution in [-0.4, -0.2) is 35.6 Å². The molecule has 0 radical (unpaired) electrons. The molecular weight excluding hydrogens is 440 g/mol. The van der Waals surface area contributed by atoms with Crippen molar-refractivity contribution in [2.75, 3.05) is 24.6 Å². The van der Waals surface area contributed by atoms with Crippen LogP contribution in [0, 0.1) is 5.92 Å². The quantitative estimate of drug-likeness (QED) is 0.511. The van der Waals surface area contributed by atoms with E-state index in [0.717, 1.165) is 37.3 Å². The zero-order chi connectivity index (χ0) is 23.0. The van der Waals surface area contributed by atoms with Crippen molar-refractivity contribution in [1.82, 2.24) is 15.3 Å². The Morgan fingerprint density at radius 2 is 1.85 bits per heavy atom. The van der Waals surface area contributed by atoms with Crippen molar-refractivity contribution in [3.05, 3.63) is 71.5 Å². The summed E-state index contributed by atoms with van der Waals surface area (Å²) in [6, 6.07) is 14.9. The number of pyridine rings is 2. The van der Waals surface area contributed by atoms with Crippen LogP contribution in [0.5, 0.6) is 17.4 Å². The van der Waals surface area contributed by atoms with Gasteiger partial charge < -0.3 is 19.7 Å². The fourth-order valence-corrected chi connectivity index (χ4v) is 3.87. The molecule has 0 bridgehead atoms. The summed E-state index contributed by atoms with van der Waals surface area (Å²) in [5, 5.41) is 3.66. The molecular formula is C25H27ClN4O3. The SMILES string of the molecule is CCOc1ccccc1Oc1ccc(CNC(=O)C2CCN(c3ccc(Cl)cn3)CC2)cn1. The summed E-state index contributed by atoms with van der Waals surface area (Å²) in [7, 11) is 0. The number of piperidine rings is 1. The fourth-order valence-electron chi connectivity index (χ4n) is 3.76. The van der Waals surface area contributed by atoms with Crippen LogP contribution in [0.2, 0.25) is 5.02 Å². The Balaban J connectivity index is 1.25. The van der Waals surface area contributed by atoms with Gasteiger partial charge in [-0.15, -0.1) is 0 Å². The molecule has 8 heteroatoms. The van der Waals surface area contributed by atoms with Crippen molar-refractivity contribution in [3.8, 4) is 17.4 Å². The van der Waals surface area contributed by atoms with Gasteiger partial charge in [0.15, 0.2) is 11.5 Å². The molecule has 3 heterocycles. The number of halogens is 1. The largest absolute Gasteiger partial charge is 0.490 e. The summed E-state index contributed by atoms with van der Waals surface area (Å²) in [4.78, 5) is 23.6. The lowest BCUT2D eigenvalue weighted by Crippen LogP contribution is -2.40. The van der Waals surface area contributed by atoms with E-state index in [0.29, 0.717) is 35.6 Å². The summed E-state index contributed by atoms with van der Waals surface area (Å²) in [5.41, 5.74) is 0.914. The molecule has 0 saturated carbocycles. The highest BCUT2D eigenvalue weighted by Crippen LogP contribution is 2.30. The Morgan fingerprint density at radius 1 is 1.06 bits per heavy atom. The van der Waals surface area contributed by atoms with E-state index >= 15 is 0 Å². The number of hydrogen-bond acceptors (Lipinski definition) is 6. The average Bonchev–Trinajstić information content (AvgIpc) is 2.85. The van der Waals surface area contributed by atoms with Gasteiger partial charge in [-0.05, 0) is 49.6 Å². The standard InChI is InChI=1S/C25H27ClN4O3/c1-2-32-21-5-3-4-6-22(21)33-24-10-7-18(15-28-24)16-29-25(31)19-11-13-30(14-12-19)23-9-8-20(26)17-27-23/h3-10,15,17,19H,2,11-14,16H2,1H3,(H,29,31). The highest BCUT2D eigenvalue weighted by Gasteiger charge is 2.25. The Hall–Kier alpha value is -3.32. The van der Waals surface area contributed by atoms with E-state index < -0.39 is 0 Å². The van der Waals surface area contributed by atoms with E-state index in [2.05, 4.69) is 20.2 Å². The van der Waals surface area contributed by atoms with Gasteiger partial charge in [0.25, 0.3) is 0 Å². The first-order valence-electron chi connectivity index (χ1n) is 11.1. The second kappa shape index (κ2) is 11.0. The van der Waals surface area contributed by atoms with Crippen LogP contribution >= 0.6 is 11.6 Å². The molecule has 1 fully saturated rings. The van der Waals surface area contributed by atoms with E-state index in [1.807, 2.05) is 49.4 Å². The van der Waals surface area contributed by atoms with Gasteiger partial charge in [0.2, 0.25) is 11.8 Å². The van der Waals surface area contributed by atoms with Gasteiger partial charge in [0, 0.05) is 44.0 Å². The Kier molecular flexibility index (Phi) is 7.62. The van der Waals surface area contributed by atoms with Crippen molar-refractivity contribution in [2.24, 2.45) is 5.92 Å². The lowest BCUT2D eigenvalue weighted by Gasteiger charge is -2.32. The highest BCUT2D eigenvalue weighted by molar-refractivity contribution is 6.30. The zero-order valence-corrected chi connectivity index (χ0v) is 19.3. The van der Waals surface area contributed by atoms with Crippen LogP contribution in [0.15, 0.2) is 60.9 Å². The van der Waals surface area contributed by atoms with Gasteiger partial charge in [0.05, 0.1) is 11.6 Å². The number of nitrogens with one attached hydrogen (secondary N) is 1. The van der Waals surface area contributed by atoms with Gasteiger partial charge >= 0.3 is 0 Å². The number of ether oxygens (including phenoxy) is 2. The number of carbonyl (C=O) groups is 1. The number of carbonyl (C=O) groups excluding carboxylic acids is 1. The molecule has 0 spiro atoms. The molecule has 2 aromatic heterocycles. The number of para-hydroxylation sites is 2. The third-order valence-corrected chi connectivity index (χ3v) is 5.75. The first-order valence-corrected chi connectivity index (χ1v) is 11.5. The van der Waals surface area contributed by atoms with E-state index in [9.17, 15) is 4.79 Å². The Labute approximate surface area is 198 Å². The van der Waals surface area contributed by atoms with Crippen molar-refractivity contribution in [1.29, 1.82) is 0 Å². The van der Waals surface area contributed by atoms with Crippen molar-refractivity contribution < 1.29 is 14.3 Å². The normalized spacial score (nSPS) is 14.1. The molecule has 0 unspecified atom stereocenters. The van der Waals surface area contributed by atoms with Gasteiger partial charge in [0.1, 0.15) is 5.82 Å². The number of benzene rings is 1. The highest BCUT2D eigenvalue weighted by atomic mass is 35.5. The number of aromatic nitrogens is 2. The summed E-state index contributed by atoms with van der Waals surface area (Å²) in [6.45, 7) is 4.51. The zero-order valence-electron chi connectivity index (χ0n) is 18.5. The summed E-state index contributed by atoms with van der Waals surface area (Å²) in [5.74, 6) is 2.74. The summed E-state index contributed by atoms with van der Waals surface area (Å²) >= 11 is 5.91. The molecule has 0 aliphatic carbocycles. The number of nitrogens with zero attached hydrogens (tertiary/aromatic N) is 3. The minimum absolute atomic E-state index is 0.000756. The predicted octanol–water partition coefficient (Wildman–Crippen LogP) is 4.85. The molecule has 3 aromatic rings. The van der Waals surface area contributed by atoms with Gasteiger partial charge in [-0.3, -0.25) is 4.79 Å². The first kappa shape index (κ1) is 22.9. The number of anilines is 1.